The summed E-state index contributed by atoms with van der Waals surface area (Å²) in [6.07, 6.45) is 0.114. The van der Waals surface area contributed by atoms with Crippen molar-refractivity contribution in [3.63, 3.8) is 0 Å². The summed E-state index contributed by atoms with van der Waals surface area (Å²) in [6, 6.07) is 6.09. The van der Waals surface area contributed by atoms with Crippen molar-refractivity contribution in [2.45, 2.75) is 6.42 Å². The van der Waals surface area contributed by atoms with Crippen molar-refractivity contribution in [3.05, 3.63) is 35.4 Å². The molecule has 0 radical (unpaired) electrons. The minimum atomic E-state index is -0.989. The number of carbonyl (C=O) groups is 2. The molecule has 1 aromatic carbocycles. The first-order valence-corrected chi connectivity index (χ1v) is 5.77. The van der Waals surface area contributed by atoms with E-state index in [2.05, 4.69) is 9.85 Å². The second-order valence-corrected chi connectivity index (χ2v) is 3.65. The van der Waals surface area contributed by atoms with Crippen LogP contribution in [0.15, 0.2) is 24.3 Å². The molecule has 0 amide bonds. The Kier molecular flexibility index (Phi) is 5.49. The van der Waals surface area contributed by atoms with Gasteiger partial charge in [0.1, 0.15) is 0 Å². The zero-order valence-corrected chi connectivity index (χ0v) is 10.9. The lowest BCUT2D eigenvalue weighted by atomic mass is 10.1. The van der Waals surface area contributed by atoms with Gasteiger partial charge in [0.25, 0.3) is 0 Å². The van der Waals surface area contributed by atoms with Gasteiger partial charge in [-0.2, -0.15) is 0 Å². The number of aromatic carboxylic acids is 1. The van der Waals surface area contributed by atoms with E-state index in [0.29, 0.717) is 5.56 Å². The Morgan fingerprint density at radius 1 is 1.29 bits per heavy atom. The van der Waals surface area contributed by atoms with E-state index in [1.165, 1.54) is 12.1 Å². The highest BCUT2D eigenvalue weighted by molar-refractivity contribution is 14.1. The first-order chi connectivity index (χ1) is 8.13. The maximum atomic E-state index is 11.3. The van der Waals surface area contributed by atoms with Gasteiger partial charge in [0.05, 0.1) is 12.0 Å². The fourth-order valence-electron chi connectivity index (χ4n) is 1.13. The van der Waals surface area contributed by atoms with Crippen LogP contribution in [0.2, 0.25) is 0 Å². The summed E-state index contributed by atoms with van der Waals surface area (Å²) in [5.41, 5.74) is 0.903. The number of hydrogen-bond acceptors (Lipinski definition) is 3. The van der Waals surface area contributed by atoms with Crippen LogP contribution >= 0.6 is 22.6 Å². The molecule has 0 unspecified atom stereocenters. The molecule has 17 heavy (non-hydrogen) atoms. The Morgan fingerprint density at radius 2 is 1.94 bits per heavy atom. The maximum absolute atomic E-state index is 11.3. The van der Waals surface area contributed by atoms with Gasteiger partial charge in [0.2, 0.25) is 0 Å². The SMILES string of the molecule is O=C(Cc1ccc(C(=O)O)cc1)OCC#CI. The zero-order valence-electron chi connectivity index (χ0n) is 8.77. The van der Waals surface area contributed by atoms with E-state index in [9.17, 15) is 9.59 Å². The second-order valence-electron chi connectivity index (χ2n) is 3.11. The van der Waals surface area contributed by atoms with E-state index in [4.69, 9.17) is 9.84 Å². The van der Waals surface area contributed by atoms with Gasteiger partial charge >= 0.3 is 11.9 Å². The molecule has 0 bridgehead atoms. The molecule has 0 aliphatic carbocycles. The number of rotatable bonds is 4. The van der Waals surface area contributed by atoms with Crippen molar-refractivity contribution in [1.82, 2.24) is 0 Å². The first kappa shape index (κ1) is 13.5. The Hall–Kier alpha value is -1.55. The van der Waals surface area contributed by atoms with Gasteiger partial charge in [0.15, 0.2) is 6.61 Å². The average molecular weight is 344 g/mol. The van der Waals surface area contributed by atoms with Gasteiger partial charge in [-0.15, -0.1) is 0 Å². The Labute approximate surface area is 112 Å². The highest BCUT2D eigenvalue weighted by Gasteiger charge is 2.06. The minimum Gasteiger partial charge on any atom is -0.478 e. The molecular formula is C12H9IO4. The molecular weight excluding hydrogens is 335 g/mol. The van der Waals surface area contributed by atoms with Gasteiger partial charge in [0, 0.05) is 22.6 Å². The molecule has 0 atom stereocenters. The predicted octanol–water partition coefficient (Wildman–Crippen LogP) is 1.87. The molecule has 0 spiro atoms. The van der Waals surface area contributed by atoms with Crippen LogP contribution in [0.1, 0.15) is 15.9 Å². The highest BCUT2D eigenvalue weighted by Crippen LogP contribution is 2.05. The van der Waals surface area contributed by atoms with Gasteiger partial charge in [-0.1, -0.05) is 18.1 Å². The molecule has 1 aromatic rings. The molecule has 0 saturated carbocycles. The third-order valence-electron chi connectivity index (χ3n) is 1.92. The highest BCUT2D eigenvalue weighted by atomic mass is 127. The average Bonchev–Trinajstić information content (AvgIpc) is 2.30. The number of hydrogen-bond donors (Lipinski definition) is 1. The Morgan fingerprint density at radius 3 is 2.47 bits per heavy atom. The van der Waals surface area contributed by atoms with Crippen LogP contribution in [0.3, 0.4) is 0 Å². The van der Waals surface area contributed by atoms with Gasteiger partial charge in [-0.25, -0.2) is 4.79 Å². The summed E-state index contributed by atoms with van der Waals surface area (Å²) in [7, 11) is 0. The molecule has 5 heteroatoms. The molecule has 4 nitrogen and oxygen atoms in total. The van der Waals surface area contributed by atoms with Crippen molar-refractivity contribution in [2.75, 3.05) is 6.61 Å². The zero-order chi connectivity index (χ0) is 12.7. The smallest absolute Gasteiger partial charge is 0.335 e. The molecule has 1 rings (SSSR count). The number of carboxylic acid groups (broad SMARTS) is 1. The normalized spacial score (nSPS) is 9.00. The molecule has 0 aliphatic rings. The number of benzene rings is 1. The van der Waals surface area contributed by atoms with Crippen LogP contribution in [0.25, 0.3) is 0 Å². The van der Waals surface area contributed by atoms with Crippen LogP contribution in [0.4, 0.5) is 0 Å². The Bertz CT molecular complexity index is 468. The monoisotopic (exact) mass is 344 g/mol. The molecule has 88 valence electrons. The lowest BCUT2D eigenvalue weighted by Gasteiger charge is -2.01. The fourth-order valence-corrected chi connectivity index (χ4v) is 1.28. The number of ether oxygens (including phenoxy) is 1. The number of carboxylic acids is 1. The lowest BCUT2D eigenvalue weighted by Crippen LogP contribution is -2.08. The standard InChI is InChI=1S/C12H9IO4/c13-6-1-7-17-11(14)8-9-2-4-10(5-3-9)12(15)16/h2-5H,7-8H2,(H,15,16). The first-order valence-electron chi connectivity index (χ1n) is 4.70. The summed E-state index contributed by atoms with van der Waals surface area (Å²) in [5, 5.41) is 8.69. The molecule has 0 aromatic heterocycles. The third kappa shape index (κ3) is 4.87. The molecule has 0 saturated heterocycles. The van der Waals surface area contributed by atoms with Crippen LogP contribution in [-0.2, 0) is 16.0 Å². The summed E-state index contributed by atoms with van der Waals surface area (Å²) in [4.78, 5) is 21.9. The van der Waals surface area contributed by atoms with Crippen molar-refractivity contribution in [3.8, 4) is 9.85 Å². The topological polar surface area (TPSA) is 63.6 Å². The largest absolute Gasteiger partial charge is 0.478 e. The van der Waals surface area contributed by atoms with Crippen LogP contribution in [-0.4, -0.2) is 23.7 Å². The maximum Gasteiger partial charge on any atom is 0.335 e. The molecule has 0 aliphatic heterocycles. The van der Waals surface area contributed by atoms with E-state index in [0.717, 1.165) is 0 Å². The van der Waals surface area contributed by atoms with Gasteiger partial charge < -0.3 is 9.84 Å². The van der Waals surface area contributed by atoms with E-state index in [1.807, 2.05) is 22.6 Å². The van der Waals surface area contributed by atoms with Crippen molar-refractivity contribution in [1.29, 1.82) is 0 Å². The van der Waals surface area contributed by atoms with Gasteiger partial charge in [-0.05, 0) is 21.6 Å². The molecule has 1 N–H and O–H groups in total. The van der Waals surface area contributed by atoms with E-state index < -0.39 is 5.97 Å². The number of carbonyl (C=O) groups excluding carboxylic acids is 1. The van der Waals surface area contributed by atoms with Crippen molar-refractivity contribution in [2.24, 2.45) is 0 Å². The Balaban J connectivity index is 2.53. The predicted molar refractivity (Wildman–Crippen MR) is 69.9 cm³/mol. The third-order valence-corrected chi connectivity index (χ3v) is 2.30. The number of esters is 1. The summed E-state index contributed by atoms with van der Waals surface area (Å²) in [6.45, 7) is 0.0784. The number of halogens is 1. The summed E-state index contributed by atoms with van der Waals surface area (Å²) in [5.74, 6) is 1.23. The second kappa shape index (κ2) is 6.91. The minimum absolute atomic E-state index is 0.0784. The van der Waals surface area contributed by atoms with E-state index in [-0.39, 0.29) is 24.6 Å². The summed E-state index contributed by atoms with van der Waals surface area (Å²) < 4.78 is 7.41. The van der Waals surface area contributed by atoms with Crippen LogP contribution in [0, 0.1) is 9.85 Å². The molecule has 0 fully saturated rings. The van der Waals surface area contributed by atoms with Crippen LogP contribution < -0.4 is 0 Å². The van der Waals surface area contributed by atoms with Crippen molar-refractivity contribution >= 4 is 34.5 Å². The fraction of sp³-hybridized carbons (Fsp3) is 0.167. The summed E-state index contributed by atoms with van der Waals surface area (Å²) >= 11 is 1.86. The van der Waals surface area contributed by atoms with Crippen LogP contribution in [0.5, 0.6) is 0 Å². The lowest BCUT2D eigenvalue weighted by molar-refractivity contribution is -0.141. The molecule has 0 heterocycles. The van der Waals surface area contributed by atoms with E-state index >= 15 is 0 Å². The van der Waals surface area contributed by atoms with Crippen molar-refractivity contribution < 1.29 is 19.4 Å². The quantitative estimate of drug-likeness (QED) is 0.515. The van der Waals surface area contributed by atoms with Gasteiger partial charge in [-0.3, -0.25) is 4.79 Å². The van der Waals surface area contributed by atoms with E-state index in [1.54, 1.807) is 12.1 Å².